The van der Waals surface area contributed by atoms with Crippen LogP contribution in [0, 0.1) is 0 Å². The molecule has 1 amide bonds. The van der Waals surface area contributed by atoms with E-state index in [1.54, 1.807) is 7.11 Å². The standard InChI is InChI=1S/C9H17Cl2NO4/c1-14-4-5-16-7-6-15-3-2-12-9(13)8(10)11/h8H,2-7H2,1H3,(H,12,13). The lowest BCUT2D eigenvalue weighted by Gasteiger charge is -2.07. The number of methoxy groups -OCH3 is 1. The predicted octanol–water partition coefficient (Wildman–Crippen LogP) is 0.586. The van der Waals surface area contributed by atoms with Crippen molar-refractivity contribution >= 4 is 29.1 Å². The summed E-state index contributed by atoms with van der Waals surface area (Å²) in [4.78, 5) is 9.85. The maximum atomic E-state index is 10.9. The van der Waals surface area contributed by atoms with Crippen molar-refractivity contribution in [2.45, 2.75) is 4.84 Å². The minimum Gasteiger partial charge on any atom is -0.382 e. The number of carbonyl (C=O) groups is 1. The molecule has 0 spiro atoms. The highest BCUT2D eigenvalue weighted by molar-refractivity contribution is 6.53. The molecule has 0 bridgehead atoms. The summed E-state index contributed by atoms with van der Waals surface area (Å²) in [6.45, 7) is 2.89. The quantitative estimate of drug-likeness (QED) is 0.468. The summed E-state index contributed by atoms with van der Waals surface area (Å²) in [6, 6.07) is 0. The van der Waals surface area contributed by atoms with Crippen molar-refractivity contribution in [1.82, 2.24) is 5.32 Å². The highest BCUT2D eigenvalue weighted by atomic mass is 35.5. The molecular weight excluding hydrogens is 257 g/mol. The zero-order chi connectivity index (χ0) is 12.2. The van der Waals surface area contributed by atoms with Crippen molar-refractivity contribution in [3.63, 3.8) is 0 Å². The van der Waals surface area contributed by atoms with Crippen LogP contribution in [0.25, 0.3) is 0 Å². The van der Waals surface area contributed by atoms with Gasteiger partial charge in [-0.05, 0) is 0 Å². The minimum absolute atomic E-state index is 0.382. The molecule has 0 atom stereocenters. The van der Waals surface area contributed by atoms with Gasteiger partial charge in [0.25, 0.3) is 5.91 Å². The highest BCUT2D eigenvalue weighted by Crippen LogP contribution is 1.99. The van der Waals surface area contributed by atoms with E-state index in [-0.39, 0.29) is 0 Å². The Balaban J connectivity index is 3.07. The summed E-state index contributed by atoms with van der Waals surface area (Å²) in [5.74, 6) is -0.414. The van der Waals surface area contributed by atoms with Gasteiger partial charge in [-0.2, -0.15) is 0 Å². The lowest BCUT2D eigenvalue weighted by Crippen LogP contribution is -2.31. The average Bonchev–Trinajstić information content (AvgIpc) is 2.26. The van der Waals surface area contributed by atoms with Crippen molar-refractivity contribution in [3.8, 4) is 0 Å². The van der Waals surface area contributed by atoms with Gasteiger partial charge in [-0.3, -0.25) is 4.79 Å². The Kier molecular flexibility index (Phi) is 11.4. The molecule has 0 saturated heterocycles. The molecule has 0 aromatic heterocycles. The second-order valence-corrected chi connectivity index (χ2v) is 3.91. The number of ether oxygens (including phenoxy) is 3. The van der Waals surface area contributed by atoms with Gasteiger partial charge in [0.2, 0.25) is 0 Å². The van der Waals surface area contributed by atoms with Crippen LogP contribution >= 0.6 is 23.2 Å². The van der Waals surface area contributed by atoms with Gasteiger partial charge in [-0.15, -0.1) is 0 Å². The molecule has 0 heterocycles. The molecule has 0 fully saturated rings. The number of hydrogen-bond acceptors (Lipinski definition) is 4. The molecule has 16 heavy (non-hydrogen) atoms. The maximum absolute atomic E-state index is 10.9. The number of nitrogens with one attached hydrogen (secondary N) is 1. The molecular formula is C9H17Cl2NO4. The lowest BCUT2D eigenvalue weighted by atomic mass is 10.6. The van der Waals surface area contributed by atoms with Crippen molar-refractivity contribution < 1.29 is 19.0 Å². The second kappa shape index (κ2) is 11.4. The first-order valence-electron chi connectivity index (χ1n) is 4.88. The van der Waals surface area contributed by atoms with E-state index in [1.165, 1.54) is 0 Å². The first-order valence-corrected chi connectivity index (χ1v) is 5.76. The Morgan fingerprint density at radius 3 is 2.25 bits per heavy atom. The van der Waals surface area contributed by atoms with Gasteiger partial charge in [0, 0.05) is 13.7 Å². The molecule has 0 radical (unpaired) electrons. The molecule has 0 aromatic rings. The maximum Gasteiger partial charge on any atom is 0.253 e. The van der Waals surface area contributed by atoms with Crippen molar-refractivity contribution in [2.75, 3.05) is 46.7 Å². The van der Waals surface area contributed by atoms with E-state index >= 15 is 0 Å². The summed E-state index contributed by atoms with van der Waals surface area (Å²) in [7, 11) is 1.61. The first kappa shape index (κ1) is 15.9. The van der Waals surface area contributed by atoms with Crippen LogP contribution in [0.15, 0.2) is 0 Å². The average molecular weight is 274 g/mol. The minimum atomic E-state index is -1.03. The third kappa shape index (κ3) is 10.4. The Morgan fingerprint density at radius 2 is 1.69 bits per heavy atom. The van der Waals surface area contributed by atoms with E-state index < -0.39 is 10.7 Å². The Bertz CT molecular complexity index is 181. The second-order valence-electron chi connectivity index (χ2n) is 2.81. The number of alkyl halides is 2. The lowest BCUT2D eigenvalue weighted by molar-refractivity contribution is -0.119. The SMILES string of the molecule is COCCOCCOCCNC(=O)C(Cl)Cl. The van der Waals surface area contributed by atoms with E-state index in [4.69, 9.17) is 37.4 Å². The van der Waals surface area contributed by atoms with Gasteiger partial charge in [0.15, 0.2) is 4.84 Å². The van der Waals surface area contributed by atoms with Crippen molar-refractivity contribution in [1.29, 1.82) is 0 Å². The van der Waals surface area contributed by atoms with Crippen LogP contribution in [0.4, 0.5) is 0 Å². The number of carbonyl (C=O) groups excluding carboxylic acids is 1. The molecule has 0 saturated carbocycles. The van der Waals surface area contributed by atoms with Crippen molar-refractivity contribution in [2.24, 2.45) is 0 Å². The molecule has 1 N–H and O–H groups in total. The third-order valence-electron chi connectivity index (χ3n) is 1.55. The number of halogens is 2. The zero-order valence-electron chi connectivity index (χ0n) is 9.21. The summed E-state index contributed by atoms with van der Waals surface area (Å²) < 4.78 is 15.1. The Morgan fingerprint density at radius 1 is 1.12 bits per heavy atom. The fraction of sp³-hybridized carbons (Fsp3) is 0.889. The summed E-state index contributed by atoms with van der Waals surface area (Å²) in [5, 5.41) is 2.50. The molecule has 0 aliphatic rings. The normalized spacial score (nSPS) is 10.8. The number of amides is 1. The van der Waals surface area contributed by atoms with E-state index in [0.29, 0.717) is 39.6 Å². The van der Waals surface area contributed by atoms with Gasteiger partial charge >= 0.3 is 0 Å². The Hall–Kier alpha value is -0.0700. The molecule has 0 rings (SSSR count). The molecule has 96 valence electrons. The summed E-state index contributed by atoms with van der Waals surface area (Å²) in [5.41, 5.74) is 0. The molecule has 0 aromatic carbocycles. The van der Waals surface area contributed by atoms with Crippen LogP contribution in [0.2, 0.25) is 0 Å². The zero-order valence-corrected chi connectivity index (χ0v) is 10.7. The number of hydrogen-bond donors (Lipinski definition) is 1. The predicted molar refractivity (Wildman–Crippen MR) is 62.0 cm³/mol. The van der Waals surface area contributed by atoms with E-state index in [1.807, 2.05) is 0 Å². The molecule has 0 aliphatic heterocycles. The van der Waals surface area contributed by atoms with Crippen LogP contribution in [0.3, 0.4) is 0 Å². The van der Waals surface area contributed by atoms with Crippen LogP contribution in [-0.4, -0.2) is 57.4 Å². The van der Waals surface area contributed by atoms with Crippen LogP contribution in [-0.2, 0) is 19.0 Å². The first-order chi connectivity index (χ1) is 7.68. The van der Waals surface area contributed by atoms with E-state index in [9.17, 15) is 4.79 Å². The summed E-state index contributed by atoms with van der Waals surface area (Å²) in [6.07, 6.45) is 0. The molecule has 7 heteroatoms. The van der Waals surface area contributed by atoms with Gasteiger partial charge in [0.1, 0.15) is 0 Å². The fourth-order valence-corrected chi connectivity index (χ4v) is 0.942. The largest absolute Gasteiger partial charge is 0.382 e. The highest BCUT2D eigenvalue weighted by Gasteiger charge is 2.09. The monoisotopic (exact) mass is 273 g/mol. The van der Waals surface area contributed by atoms with Gasteiger partial charge < -0.3 is 19.5 Å². The van der Waals surface area contributed by atoms with Crippen LogP contribution < -0.4 is 5.32 Å². The third-order valence-corrected chi connectivity index (χ3v) is 1.94. The van der Waals surface area contributed by atoms with Crippen LogP contribution in [0.1, 0.15) is 0 Å². The fourth-order valence-electron chi connectivity index (χ4n) is 0.788. The van der Waals surface area contributed by atoms with Crippen molar-refractivity contribution in [3.05, 3.63) is 0 Å². The Labute approximate surface area is 105 Å². The van der Waals surface area contributed by atoms with Gasteiger partial charge in [-0.25, -0.2) is 0 Å². The van der Waals surface area contributed by atoms with Crippen LogP contribution in [0.5, 0.6) is 0 Å². The molecule has 0 aliphatic carbocycles. The van der Waals surface area contributed by atoms with E-state index in [0.717, 1.165) is 0 Å². The van der Waals surface area contributed by atoms with Gasteiger partial charge in [-0.1, -0.05) is 23.2 Å². The smallest absolute Gasteiger partial charge is 0.253 e. The van der Waals surface area contributed by atoms with E-state index in [2.05, 4.69) is 5.32 Å². The van der Waals surface area contributed by atoms with Gasteiger partial charge in [0.05, 0.1) is 33.0 Å². The summed E-state index contributed by atoms with van der Waals surface area (Å²) >= 11 is 10.6. The number of rotatable bonds is 10. The molecule has 5 nitrogen and oxygen atoms in total. The topological polar surface area (TPSA) is 56.8 Å². The molecule has 0 unspecified atom stereocenters.